The van der Waals surface area contributed by atoms with Crippen LogP contribution in [-0.2, 0) is 0 Å². The molecule has 0 bridgehead atoms. The van der Waals surface area contributed by atoms with E-state index in [4.69, 9.17) is 23.2 Å². The van der Waals surface area contributed by atoms with E-state index >= 15 is 0 Å². The van der Waals surface area contributed by atoms with E-state index in [-0.39, 0.29) is 10.8 Å². The zero-order valence-corrected chi connectivity index (χ0v) is 10.9. The first-order valence-electron chi connectivity index (χ1n) is 4.82. The molecule has 0 saturated heterocycles. The van der Waals surface area contributed by atoms with Crippen LogP contribution in [0.3, 0.4) is 0 Å². The minimum atomic E-state index is -0.0456. The fraction of sp³-hybridized carbons (Fsp3) is 0.600. The van der Waals surface area contributed by atoms with Crippen LogP contribution in [0.15, 0.2) is 6.20 Å². The van der Waals surface area contributed by atoms with Crippen molar-refractivity contribution in [2.75, 3.05) is 11.4 Å². The molecule has 0 N–H and O–H groups in total. The van der Waals surface area contributed by atoms with Crippen molar-refractivity contribution in [1.29, 1.82) is 0 Å². The molecule has 0 amide bonds. The van der Waals surface area contributed by atoms with Gasteiger partial charge in [-0.05, 0) is 39.3 Å². The predicted molar refractivity (Wildman–Crippen MR) is 64.8 cm³/mol. The highest BCUT2D eigenvalue weighted by Gasteiger charge is 2.23. The first kappa shape index (κ1) is 12.5. The number of nitrogens with zero attached hydrogens (tertiary/aromatic N) is 3. The Bertz CT molecular complexity index is 347. The largest absolute Gasteiger partial charge is 0.351 e. The molecule has 3 nitrogen and oxygen atoms in total. The van der Waals surface area contributed by atoms with Crippen LogP contribution in [0.4, 0.5) is 5.82 Å². The van der Waals surface area contributed by atoms with Crippen LogP contribution in [0.25, 0.3) is 0 Å². The summed E-state index contributed by atoms with van der Waals surface area (Å²) >= 11 is 11.8. The Balaban J connectivity index is 3.18. The standard InChI is InChI=1S/C10H15Cl2N3/c1-5-15(10(2,3)4)8-7(11)6-13-9(12)14-8/h6H,5H2,1-4H3. The molecule has 1 rings (SSSR count). The minimum absolute atomic E-state index is 0.0456. The highest BCUT2D eigenvalue weighted by atomic mass is 35.5. The lowest BCUT2D eigenvalue weighted by Crippen LogP contribution is -2.42. The zero-order chi connectivity index (χ0) is 11.6. The maximum absolute atomic E-state index is 6.05. The summed E-state index contributed by atoms with van der Waals surface area (Å²) in [6, 6.07) is 0. The minimum Gasteiger partial charge on any atom is -0.351 e. The average molecular weight is 248 g/mol. The number of rotatable bonds is 2. The lowest BCUT2D eigenvalue weighted by Gasteiger charge is -2.36. The van der Waals surface area contributed by atoms with Crippen molar-refractivity contribution in [1.82, 2.24) is 9.97 Å². The van der Waals surface area contributed by atoms with Gasteiger partial charge >= 0.3 is 0 Å². The predicted octanol–water partition coefficient (Wildman–Crippen LogP) is 3.41. The number of aromatic nitrogens is 2. The molecule has 0 atom stereocenters. The third-order valence-corrected chi connectivity index (χ3v) is 2.53. The topological polar surface area (TPSA) is 29.0 Å². The summed E-state index contributed by atoms with van der Waals surface area (Å²) in [5.41, 5.74) is -0.0456. The molecule has 1 aromatic heterocycles. The van der Waals surface area contributed by atoms with Crippen LogP contribution in [0, 0.1) is 0 Å². The van der Waals surface area contributed by atoms with E-state index in [0.29, 0.717) is 10.8 Å². The van der Waals surface area contributed by atoms with Crippen molar-refractivity contribution in [3.05, 3.63) is 16.5 Å². The SMILES string of the molecule is CCN(c1nc(Cl)ncc1Cl)C(C)(C)C. The van der Waals surface area contributed by atoms with E-state index < -0.39 is 0 Å². The monoisotopic (exact) mass is 247 g/mol. The molecule has 0 aliphatic heterocycles. The maximum Gasteiger partial charge on any atom is 0.224 e. The van der Waals surface area contributed by atoms with Crippen LogP contribution in [0.1, 0.15) is 27.7 Å². The molecule has 0 fully saturated rings. The summed E-state index contributed by atoms with van der Waals surface area (Å²) in [5.74, 6) is 0.687. The molecule has 0 aliphatic carbocycles. The molecule has 0 aliphatic rings. The Morgan fingerprint density at radius 1 is 1.33 bits per heavy atom. The molecule has 0 saturated carbocycles. The third kappa shape index (κ3) is 2.95. The Kier molecular flexibility index (Phi) is 3.79. The summed E-state index contributed by atoms with van der Waals surface area (Å²) in [6.45, 7) is 9.17. The number of hydrogen-bond donors (Lipinski definition) is 0. The van der Waals surface area contributed by atoms with Gasteiger partial charge in [-0.25, -0.2) is 4.98 Å². The average Bonchev–Trinajstić information content (AvgIpc) is 2.10. The van der Waals surface area contributed by atoms with Crippen molar-refractivity contribution < 1.29 is 0 Å². The molecule has 15 heavy (non-hydrogen) atoms. The van der Waals surface area contributed by atoms with Gasteiger partial charge in [-0.15, -0.1) is 0 Å². The molecule has 0 spiro atoms. The molecule has 1 heterocycles. The Morgan fingerprint density at radius 2 is 1.93 bits per heavy atom. The van der Waals surface area contributed by atoms with Crippen LogP contribution >= 0.6 is 23.2 Å². The fourth-order valence-electron chi connectivity index (χ4n) is 1.47. The zero-order valence-electron chi connectivity index (χ0n) is 9.38. The van der Waals surface area contributed by atoms with Gasteiger partial charge in [-0.1, -0.05) is 11.6 Å². The van der Waals surface area contributed by atoms with Gasteiger partial charge in [0, 0.05) is 12.1 Å². The second-order valence-corrected chi connectivity index (χ2v) is 4.97. The normalized spacial score (nSPS) is 11.6. The summed E-state index contributed by atoms with van der Waals surface area (Å²) in [7, 11) is 0. The molecule has 0 unspecified atom stereocenters. The van der Waals surface area contributed by atoms with Gasteiger partial charge in [0.25, 0.3) is 0 Å². The molecule has 1 aromatic rings. The molecular weight excluding hydrogens is 233 g/mol. The van der Waals surface area contributed by atoms with E-state index in [1.165, 1.54) is 6.20 Å². The second kappa shape index (κ2) is 4.54. The summed E-state index contributed by atoms with van der Waals surface area (Å²) in [5, 5.41) is 0.744. The number of halogens is 2. The van der Waals surface area contributed by atoms with Crippen LogP contribution < -0.4 is 4.90 Å². The Morgan fingerprint density at radius 3 is 2.40 bits per heavy atom. The highest BCUT2D eigenvalue weighted by Crippen LogP contribution is 2.28. The van der Waals surface area contributed by atoms with E-state index in [1.807, 2.05) is 0 Å². The first-order valence-corrected chi connectivity index (χ1v) is 5.57. The molecule has 0 aromatic carbocycles. The quantitative estimate of drug-likeness (QED) is 0.751. The van der Waals surface area contributed by atoms with Crippen LogP contribution in [0.2, 0.25) is 10.3 Å². The Hall–Kier alpha value is -0.540. The highest BCUT2D eigenvalue weighted by molar-refractivity contribution is 6.33. The van der Waals surface area contributed by atoms with Gasteiger partial charge in [0.05, 0.1) is 6.20 Å². The van der Waals surface area contributed by atoms with E-state index in [0.717, 1.165) is 6.54 Å². The smallest absolute Gasteiger partial charge is 0.224 e. The third-order valence-electron chi connectivity index (χ3n) is 2.08. The lowest BCUT2D eigenvalue weighted by atomic mass is 10.1. The van der Waals surface area contributed by atoms with Crippen molar-refractivity contribution in [2.24, 2.45) is 0 Å². The fourth-order valence-corrected chi connectivity index (χ4v) is 1.79. The van der Waals surface area contributed by atoms with Gasteiger partial charge < -0.3 is 4.90 Å². The molecule has 84 valence electrons. The number of hydrogen-bond acceptors (Lipinski definition) is 3. The van der Waals surface area contributed by atoms with Gasteiger partial charge in [-0.3, -0.25) is 0 Å². The van der Waals surface area contributed by atoms with Crippen molar-refractivity contribution >= 4 is 29.0 Å². The molecule has 0 radical (unpaired) electrons. The molecule has 5 heteroatoms. The van der Waals surface area contributed by atoms with Crippen molar-refractivity contribution in [2.45, 2.75) is 33.2 Å². The van der Waals surface area contributed by atoms with Gasteiger partial charge in [0.15, 0.2) is 5.82 Å². The van der Waals surface area contributed by atoms with Gasteiger partial charge in [-0.2, -0.15) is 4.98 Å². The number of anilines is 1. The summed E-state index contributed by atoms with van der Waals surface area (Å²) < 4.78 is 0. The summed E-state index contributed by atoms with van der Waals surface area (Å²) in [6.07, 6.45) is 1.53. The van der Waals surface area contributed by atoms with E-state index in [9.17, 15) is 0 Å². The van der Waals surface area contributed by atoms with E-state index in [1.54, 1.807) is 0 Å². The maximum atomic E-state index is 6.05. The van der Waals surface area contributed by atoms with Gasteiger partial charge in [0.2, 0.25) is 5.28 Å². The lowest BCUT2D eigenvalue weighted by molar-refractivity contribution is 0.508. The Labute approximate surface area is 100 Å². The second-order valence-electron chi connectivity index (χ2n) is 4.23. The van der Waals surface area contributed by atoms with Crippen molar-refractivity contribution in [3.8, 4) is 0 Å². The first-order chi connectivity index (χ1) is 6.86. The van der Waals surface area contributed by atoms with Crippen LogP contribution in [-0.4, -0.2) is 22.1 Å². The van der Waals surface area contributed by atoms with Crippen LogP contribution in [0.5, 0.6) is 0 Å². The summed E-state index contributed by atoms with van der Waals surface area (Å²) in [4.78, 5) is 10.1. The molecular formula is C10H15Cl2N3. The van der Waals surface area contributed by atoms with Gasteiger partial charge in [0.1, 0.15) is 5.02 Å². The van der Waals surface area contributed by atoms with E-state index in [2.05, 4.69) is 42.6 Å². The van der Waals surface area contributed by atoms with Crippen molar-refractivity contribution in [3.63, 3.8) is 0 Å².